The minimum absolute atomic E-state index is 0.0905. The van der Waals surface area contributed by atoms with Gasteiger partial charge in [-0.05, 0) is 25.7 Å². The number of ether oxygens (including phenoxy) is 1. The van der Waals surface area contributed by atoms with Crippen molar-refractivity contribution in [3.05, 3.63) is 0 Å². The van der Waals surface area contributed by atoms with Crippen molar-refractivity contribution in [3.63, 3.8) is 0 Å². The maximum absolute atomic E-state index is 11.1. The maximum atomic E-state index is 11.1. The lowest BCUT2D eigenvalue weighted by atomic mass is 10.0. The standard InChI is InChI=1S/C9H16ClNO2/c1-7(10)9(12)11-5-8-3-2-4-13-6-8/h7-8H,2-6H2,1H3,(H,11,12). The lowest BCUT2D eigenvalue weighted by Gasteiger charge is -2.22. The predicted molar refractivity (Wildman–Crippen MR) is 51.9 cm³/mol. The molecule has 1 N–H and O–H groups in total. The Kier molecular flexibility index (Phi) is 4.53. The number of carbonyl (C=O) groups excluding carboxylic acids is 1. The Bertz CT molecular complexity index is 167. The SMILES string of the molecule is CC(Cl)C(=O)NCC1CCCOC1. The summed E-state index contributed by atoms with van der Waals surface area (Å²) in [6, 6.07) is 0. The van der Waals surface area contributed by atoms with Crippen molar-refractivity contribution in [2.75, 3.05) is 19.8 Å². The first-order chi connectivity index (χ1) is 6.20. The third-order valence-electron chi connectivity index (χ3n) is 2.18. The minimum Gasteiger partial charge on any atom is -0.381 e. The molecule has 1 aliphatic heterocycles. The largest absolute Gasteiger partial charge is 0.381 e. The zero-order valence-corrected chi connectivity index (χ0v) is 8.64. The van der Waals surface area contributed by atoms with E-state index >= 15 is 0 Å². The molecule has 0 aromatic rings. The van der Waals surface area contributed by atoms with Gasteiger partial charge in [0.2, 0.25) is 5.91 Å². The Hall–Kier alpha value is -0.280. The van der Waals surface area contributed by atoms with E-state index in [-0.39, 0.29) is 5.91 Å². The van der Waals surface area contributed by atoms with E-state index < -0.39 is 5.38 Å². The molecule has 0 saturated carbocycles. The zero-order valence-electron chi connectivity index (χ0n) is 7.88. The summed E-state index contributed by atoms with van der Waals surface area (Å²) in [6.07, 6.45) is 2.23. The van der Waals surface area contributed by atoms with Gasteiger partial charge in [-0.25, -0.2) is 0 Å². The monoisotopic (exact) mass is 205 g/mol. The van der Waals surface area contributed by atoms with Crippen LogP contribution in [-0.2, 0) is 9.53 Å². The van der Waals surface area contributed by atoms with Gasteiger partial charge in [-0.2, -0.15) is 0 Å². The average Bonchev–Trinajstić information content (AvgIpc) is 2.15. The van der Waals surface area contributed by atoms with Gasteiger partial charge in [0.05, 0.1) is 6.61 Å². The van der Waals surface area contributed by atoms with Crippen LogP contribution in [0, 0.1) is 5.92 Å². The molecular formula is C9H16ClNO2. The van der Waals surface area contributed by atoms with E-state index in [1.165, 1.54) is 0 Å². The molecule has 0 spiro atoms. The molecule has 0 radical (unpaired) electrons. The van der Waals surface area contributed by atoms with Crippen LogP contribution in [0.2, 0.25) is 0 Å². The first kappa shape index (κ1) is 10.8. The number of halogens is 1. The van der Waals surface area contributed by atoms with E-state index in [2.05, 4.69) is 5.32 Å². The summed E-state index contributed by atoms with van der Waals surface area (Å²) in [5.74, 6) is 0.375. The van der Waals surface area contributed by atoms with Crippen LogP contribution in [-0.4, -0.2) is 31.0 Å². The minimum atomic E-state index is -0.440. The van der Waals surface area contributed by atoms with Gasteiger partial charge in [-0.15, -0.1) is 11.6 Å². The average molecular weight is 206 g/mol. The first-order valence-corrected chi connectivity index (χ1v) is 5.13. The predicted octanol–water partition coefficient (Wildman–Crippen LogP) is 1.16. The highest BCUT2D eigenvalue weighted by Gasteiger charge is 2.16. The quantitative estimate of drug-likeness (QED) is 0.703. The Morgan fingerprint density at radius 2 is 2.54 bits per heavy atom. The molecule has 1 rings (SSSR count). The Balaban J connectivity index is 2.13. The molecule has 1 amide bonds. The first-order valence-electron chi connectivity index (χ1n) is 4.69. The van der Waals surface area contributed by atoms with Gasteiger partial charge >= 0.3 is 0 Å². The van der Waals surface area contributed by atoms with Crippen molar-refractivity contribution in [3.8, 4) is 0 Å². The second-order valence-electron chi connectivity index (χ2n) is 3.44. The third-order valence-corrected chi connectivity index (χ3v) is 2.38. The molecule has 1 aliphatic rings. The molecule has 1 heterocycles. The highest BCUT2D eigenvalue weighted by atomic mass is 35.5. The Morgan fingerprint density at radius 1 is 1.77 bits per heavy atom. The Labute approximate surface area is 83.8 Å². The van der Waals surface area contributed by atoms with E-state index in [9.17, 15) is 4.79 Å². The second-order valence-corrected chi connectivity index (χ2v) is 4.10. The van der Waals surface area contributed by atoms with Crippen LogP contribution in [0.1, 0.15) is 19.8 Å². The van der Waals surface area contributed by atoms with Crippen LogP contribution >= 0.6 is 11.6 Å². The van der Waals surface area contributed by atoms with Crippen molar-refractivity contribution in [1.29, 1.82) is 0 Å². The van der Waals surface area contributed by atoms with Crippen molar-refractivity contribution < 1.29 is 9.53 Å². The summed E-state index contributed by atoms with van der Waals surface area (Å²) >= 11 is 5.60. The van der Waals surface area contributed by atoms with Gasteiger partial charge in [0.25, 0.3) is 0 Å². The topological polar surface area (TPSA) is 38.3 Å². The van der Waals surface area contributed by atoms with Crippen LogP contribution in [0.5, 0.6) is 0 Å². The van der Waals surface area contributed by atoms with E-state index in [1.807, 2.05) is 0 Å². The number of hydrogen-bond acceptors (Lipinski definition) is 2. The van der Waals surface area contributed by atoms with E-state index in [0.29, 0.717) is 12.5 Å². The van der Waals surface area contributed by atoms with Gasteiger partial charge in [0.15, 0.2) is 0 Å². The normalized spacial score (nSPS) is 25.2. The third kappa shape index (κ3) is 3.96. The molecular weight excluding hydrogens is 190 g/mol. The van der Waals surface area contributed by atoms with Crippen LogP contribution in [0.4, 0.5) is 0 Å². The molecule has 2 unspecified atom stereocenters. The molecule has 0 aromatic heterocycles. The molecule has 0 bridgehead atoms. The molecule has 0 aliphatic carbocycles. The lowest BCUT2D eigenvalue weighted by molar-refractivity contribution is -0.120. The number of rotatable bonds is 3. The summed E-state index contributed by atoms with van der Waals surface area (Å²) in [5, 5.41) is 2.36. The van der Waals surface area contributed by atoms with Crippen molar-refractivity contribution in [2.24, 2.45) is 5.92 Å². The van der Waals surface area contributed by atoms with Crippen LogP contribution < -0.4 is 5.32 Å². The number of carbonyl (C=O) groups is 1. The van der Waals surface area contributed by atoms with Crippen LogP contribution in [0.3, 0.4) is 0 Å². The van der Waals surface area contributed by atoms with Gasteiger partial charge in [0.1, 0.15) is 5.38 Å². The zero-order chi connectivity index (χ0) is 9.68. The molecule has 13 heavy (non-hydrogen) atoms. The van der Waals surface area contributed by atoms with Gasteiger partial charge < -0.3 is 10.1 Å². The molecule has 0 aromatic carbocycles. The summed E-state index contributed by atoms with van der Waals surface area (Å²) in [7, 11) is 0. The van der Waals surface area contributed by atoms with Gasteiger partial charge in [-0.1, -0.05) is 0 Å². The molecule has 2 atom stereocenters. The van der Waals surface area contributed by atoms with Crippen LogP contribution in [0.25, 0.3) is 0 Å². The maximum Gasteiger partial charge on any atom is 0.237 e. The summed E-state index contributed by atoms with van der Waals surface area (Å²) in [6.45, 7) is 3.98. The smallest absolute Gasteiger partial charge is 0.237 e. The van der Waals surface area contributed by atoms with Crippen LogP contribution in [0.15, 0.2) is 0 Å². The lowest BCUT2D eigenvalue weighted by Crippen LogP contribution is -2.36. The van der Waals surface area contributed by atoms with Crippen molar-refractivity contribution >= 4 is 17.5 Å². The second kappa shape index (κ2) is 5.45. The van der Waals surface area contributed by atoms with E-state index in [0.717, 1.165) is 26.1 Å². The fourth-order valence-electron chi connectivity index (χ4n) is 1.35. The highest BCUT2D eigenvalue weighted by Crippen LogP contribution is 2.12. The Morgan fingerprint density at radius 3 is 3.08 bits per heavy atom. The molecule has 76 valence electrons. The number of amides is 1. The molecule has 1 fully saturated rings. The van der Waals surface area contributed by atoms with E-state index in [4.69, 9.17) is 16.3 Å². The summed E-state index contributed by atoms with van der Waals surface area (Å²) in [4.78, 5) is 11.1. The number of hydrogen-bond donors (Lipinski definition) is 1. The fraction of sp³-hybridized carbons (Fsp3) is 0.889. The number of alkyl halides is 1. The summed E-state index contributed by atoms with van der Waals surface area (Å²) in [5.41, 5.74) is 0. The van der Waals surface area contributed by atoms with Crippen molar-refractivity contribution in [1.82, 2.24) is 5.32 Å². The number of nitrogens with one attached hydrogen (secondary N) is 1. The molecule has 1 saturated heterocycles. The van der Waals surface area contributed by atoms with Gasteiger partial charge in [-0.3, -0.25) is 4.79 Å². The highest BCUT2D eigenvalue weighted by molar-refractivity contribution is 6.30. The molecule has 3 nitrogen and oxygen atoms in total. The molecule has 4 heteroatoms. The van der Waals surface area contributed by atoms with E-state index in [1.54, 1.807) is 6.92 Å². The van der Waals surface area contributed by atoms with Crippen molar-refractivity contribution in [2.45, 2.75) is 25.1 Å². The fourth-order valence-corrected chi connectivity index (χ4v) is 1.43. The summed E-state index contributed by atoms with van der Waals surface area (Å²) < 4.78 is 5.29. The van der Waals surface area contributed by atoms with Gasteiger partial charge in [0, 0.05) is 13.2 Å².